The molecule has 1 aliphatic carbocycles. The number of hydrogen-bond donors (Lipinski definition) is 1. The van der Waals surface area contributed by atoms with Crippen LogP contribution in [0, 0.1) is 5.82 Å². The van der Waals surface area contributed by atoms with E-state index in [0.717, 1.165) is 25.3 Å². The first-order valence-electron chi connectivity index (χ1n) is 7.14. The molecule has 0 radical (unpaired) electrons. The summed E-state index contributed by atoms with van der Waals surface area (Å²) in [4.78, 5) is 2.31. The van der Waals surface area contributed by atoms with E-state index in [1.165, 1.54) is 44.2 Å². The zero-order valence-electron chi connectivity index (χ0n) is 11.1. The summed E-state index contributed by atoms with van der Waals surface area (Å²) in [5, 5.41) is 4.23. The van der Waals surface area contributed by atoms with Crippen molar-refractivity contribution >= 4 is 17.3 Å². The Labute approximate surface area is 118 Å². The number of anilines is 1. The SMILES string of the molecule is Fc1ccc(N2CCNC3(CCCCC3)C2)c(Cl)c1. The van der Waals surface area contributed by atoms with Gasteiger partial charge in [-0.3, -0.25) is 0 Å². The number of halogens is 2. The fourth-order valence-corrected chi connectivity index (χ4v) is 3.75. The van der Waals surface area contributed by atoms with Crippen molar-refractivity contribution in [1.29, 1.82) is 0 Å². The van der Waals surface area contributed by atoms with Crippen LogP contribution in [0.5, 0.6) is 0 Å². The van der Waals surface area contributed by atoms with Gasteiger partial charge >= 0.3 is 0 Å². The highest BCUT2D eigenvalue weighted by Gasteiger charge is 2.36. The summed E-state index contributed by atoms with van der Waals surface area (Å²) < 4.78 is 13.1. The molecule has 0 amide bonds. The summed E-state index contributed by atoms with van der Waals surface area (Å²) in [7, 11) is 0. The number of hydrogen-bond acceptors (Lipinski definition) is 2. The maximum Gasteiger partial charge on any atom is 0.124 e. The fraction of sp³-hybridized carbons (Fsp3) is 0.600. The monoisotopic (exact) mass is 282 g/mol. The second-order valence-electron chi connectivity index (χ2n) is 5.79. The average molecular weight is 283 g/mol. The Morgan fingerprint density at radius 2 is 2.00 bits per heavy atom. The minimum absolute atomic E-state index is 0.244. The summed E-state index contributed by atoms with van der Waals surface area (Å²) >= 11 is 6.19. The molecule has 0 atom stereocenters. The molecule has 19 heavy (non-hydrogen) atoms. The first-order chi connectivity index (χ1) is 9.19. The van der Waals surface area contributed by atoms with Gasteiger partial charge in [0.2, 0.25) is 0 Å². The Morgan fingerprint density at radius 1 is 1.21 bits per heavy atom. The topological polar surface area (TPSA) is 15.3 Å². The molecule has 4 heteroatoms. The van der Waals surface area contributed by atoms with Crippen LogP contribution < -0.4 is 10.2 Å². The van der Waals surface area contributed by atoms with E-state index in [4.69, 9.17) is 11.6 Å². The van der Waals surface area contributed by atoms with Gasteiger partial charge in [-0.15, -0.1) is 0 Å². The van der Waals surface area contributed by atoms with Crippen molar-refractivity contribution in [2.45, 2.75) is 37.6 Å². The van der Waals surface area contributed by atoms with Crippen LogP contribution in [-0.2, 0) is 0 Å². The van der Waals surface area contributed by atoms with Gasteiger partial charge in [0.1, 0.15) is 5.82 Å². The van der Waals surface area contributed by atoms with Crippen LogP contribution in [0.25, 0.3) is 0 Å². The molecule has 1 N–H and O–H groups in total. The van der Waals surface area contributed by atoms with Crippen molar-refractivity contribution in [2.24, 2.45) is 0 Å². The molecule has 1 spiro atoms. The normalized spacial score (nSPS) is 22.7. The number of nitrogens with one attached hydrogen (secondary N) is 1. The Bertz CT molecular complexity index is 452. The Kier molecular flexibility index (Phi) is 3.68. The molecule has 1 aliphatic heterocycles. The Morgan fingerprint density at radius 3 is 2.74 bits per heavy atom. The van der Waals surface area contributed by atoms with Crippen molar-refractivity contribution in [3.8, 4) is 0 Å². The molecule has 104 valence electrons. The molecular weight excluding hydrogens is 263 g/mol. The van der Waals surface area contributed by atoms with Crippen LogP contribution in [0.1, 0.15) is 32.1 Å². The van der Waals surface area contributed by atoms with Crippen molar-refractivity contribution in [1.82, 2.24) is 5.32 Å². The summed E-state index contributed by atoms with van der Waals surface area (Å²) in [6.07, 6.45) is 6.43. The fourth-order valence-electron chi connectivity index (χ4n) is 3.46. The third kappa shape index (κ3) is 2.72. The number of piperazine rings is 1. The molecule has 1 aromatic carbocycles. The predicted molar refractivity (Wildman–Crippen MR) is 77.4 cm³/mol. The van der Waals surface area contributed by atoms with Crippen molar-refractivity contribution in [3.63, 3.8) is 0 Å². The predicted octanol–water partition coefficient (Wildman–Crippen LogP) is 3.59. The molecule has 3 rings (SSSR count). The van der Waals surface area contributed by atoms with E-state index in [9.17, 15) is 4.39 Å². The highest BCUT2D eigenvalue weighted by molar-refractivity contribution is 6.33. The van der Waals surface area contributed by atoms with Crippen LogP contribution in [0.3, 0.4) is 0 Å². The molecule has 1 aromatic rings. The van der Waals surface area contributed by atoms with Gasteiger partial charge in [-0.2, -0.15) is 0 Å². The van der Waals surface area contributed by atoms with E-state index in [-0.39, 0.29) is 11.4 Å². The number of benzene rings is 1. The molecule has 2 fully saturated rings. The van der Waals surface area contributed by atoms with Gasteiger partial charge in [-0.25, -0.2) is 4.39 Å². The third-order valence-corrected chi connectivity index (χ3v) is 4.74. The van der Waals surface area contributed by atoms with Gasteiger partial charge in [0.25, 0.3) is 0 Å². The van der Waals surface area contributed by atoms with Gasteiger partial charge in [-0.05, 0) is 31.0 Å². The average Bonchev–Trinajstić information content (AvgIpc) is 2.39. The summed E-state index contributed by atoms with van der Waals surface area (Å²) in [5.74, 6) is -0.267. The lowest BCUT2D eigenvalue weighted by Crippen LogP contribution is -2.61. The highest BCUT2D eigenvalue weighted by Crippen LogP contribution is 2.34. The molecule has 1 saturated heterocycles. The molecule has 2 aliphatic rings. The van der Waals surface area contributed by atoms with Crippen LogP contribution in [0.4, 0.5) is 10.1 Å². The lowest BCUT2D eigenvalue weighted by Gasteiger charge is -2.47. The molecular formula is C15H20ClFN2. The number of rotatable bonds is 1. The second kappa shape index (κ2) is 5.29. The third-order valence-electron chi connectivity index (χ3n) is 4.44. The molecule has 1 heterocycles. The van der Waals surface area contributed by atoms with Crippen LogP contribution in [-0.4, -0.2) is 25.2 Å². The molecule has 2 nitrogen and oxygen atoms in total. The zero-order valence-corrected chi connectivity index (χ0v) is 11.8. The lowest BCUT2D eigenvalue weighted by molar-refractivity contribution is 0.216. The van der Waals surface area contributed by atoms with Crippen molar-refractivity contribution in [3.05, 3.63) is 29.0 Å². The second-order valence-corrected chi connectivity index (χ2v) is 6.19. The minimum atomic E-state index is -0.267. The van der Waals surface area contributed by atoms with E-state index in [1.54, 1.807) is 6.07 Å². The maximum atomic E-state index is 13.1. The summed E-state index contributed by atoms with van der Waals surface area (Å²) in [6.45, 7) is 2.90. The Balaban J connectivity index is 1.81. The Hall–Kier alpha value is -0.800. The van der Waals surface area contributed by atoms with Crippen LogP contribution >= 0.6 is 11.6 Å². The van der Waals surface area contributed by atoms with Crippen LogP contribution in [0.2, 0.25) is 5.02 Å². The smallest absolute Gasteiger partial charge is 0.124 e. The summed E-state index contributed by atoms with van der Waals surface area (Å²) in [6, 6.07) is 4.71. The van der Waals surface area contributed by atoms with Crippen LogP contribution in [0.15, 0.2) is 18.2 Å². The highest BCUT2D eigenvalue weighted by atomic mass is 35.5. The first-order valence-corrected chi connectivity index (χ1v) is 7.51. The van der Waals surface area contributed by atoms with Crippen molar-refractivity contribution in [2.75, 3.05) is 24.5 Å². The van der Waals surface area contributed by atoms with Gasteiger partial charge in [0.15, 0.2) is 0 Å². The van der Waals surface area contributed by atoms with E-state index in [2.05, 4.69) is 10.2 Å². The quantitative estimate of drug-likeness (QED) is 0.847. The van der Waals surface area contributed by atoms with Gasteiger partial charge in [0.05, 0.1) is 10.7 Å². The molecule has 0 aromatic heterocycles. The van der Waals surface area contributed by atoms with Gasteiger partial charge < -0.3 is 10.2 Å². The minimum Gasteiger partial charge on any atom is -0.367 e. The molecule has 0 bridgehead atoms. The van der Waals surface area contributed by atoms with E-state index < -0.39 is 0 Å². The van der Waals surface area contributed by atoms with Gasteiger partial charge in [-0.1, -0.05) is 30.9 Å². The van der Waals surface area contributed by atoms with E-state index in [1.807, 2.05) is 0 Å². The molecule has 1 saturated carbocycles. The number of nitrogens with zero attached hydrogens (tertiary/aromatic N) is 1. The zero-order chi connectivity index (χ0) is 13.3. The first kappa shape index (κ1) is 13.2. The largest absolute Gasteiger partial charge is 0.367 e. The summed E-state index contributed by atoms with van der Waals surface area (Å²) in [5.41, 5.74) is 1.21. The van der Waals surface area contributed by atoms with Crippen molar-refractivity contribution < 1.29 is 4.39 Å². The van der Waals surface area contributed by atoms with E-state index in [0.29, 0.717) is 5.02 Å². The standard InChI is InChI=1S/C15H20ClFN2/c16-13-10-12(17)4-5-14(13)19-9-8-18-15(11-19)6-2-1-3-7-15/h4-5,10,18H,1-3,6-9,11H2. The lowest BCUT2D eigenvalue weighted by atomic mass is 9.80. The maximum absolute atomic E-state index is 13.1. The molecule has 0 unspecified atom stereocenters. The van der Waals surface area contributed by atoms with Gasteiger partial charge in [0, 0.05) is 25.2 Å². The van der Waals surface area contributed by atoms with E-state index >= 15 is 0 Å².